The van der Waals surface area contributed by atoms with Crippen LogP contribution in [0.1, 0.15) is 60.5 Å². The summed E-state index contributed by atoms with van der Waals surface area (Å²) in [6.07, 6.45) is -4.35. The van der Waals surface area contributed by atoms with Crippen LogP contribution in [0.25, 0.3) is 0 Å². The number of anilines is 1. The molecule has 2 N–H and O–H groups in total. The first-order chi connectivity index (χ1) is 20.9. The van der Waals surface area contributed by atoms with Crippen LogP contribution in [0.2, 0.25) is 0 Å². The first-order valence-electron chi connectivity index (χ1n) is 13.7. The molecule has 18 heteroatoms. The minimum atomic E-state index is -5.08. The largest absolute Gasteiger partial charge is 0.490 e. The molecule has 2 aliphatic rings. The molecule has 0 unspecified atom stereocenters. The third-order valence-corrected chi connectivity index (χ3v) is 8.28. The zero-order chi connectivity index (χ0) is 33.7. The average molecular weight is 666 g/mol. The lowest BCUT2D eigenvalue weighted by molar-refractivity contribution is -0.193. The highest BCUT2D eigenvalue weighted by Crippen LogP contribution is 2.43. The number of nitrogens with zero attached hydrogens (tertiary/aromatic N) is 7. The highest BCUT2D eigenvalue weighted by Gasteiger charge is 2.46. The molecule has 5 heterocycles. The maximum Gasteiger partial charge on any atom is 0.490 e. The molecule has 45 heavy (non-hydrogen) atoms. The van der Waals surface area contributed by atoms with Gasteiger partial charge in [-0.15, -0.1) is 11.3 Å². The predicted molar refractivity (Wildman–Crippen MR) is 151 cm³/mol. The fourth-order valence-corrected chi connectivity index (χ4v) is 6.22. The van der Waals surface area contributed by atoms with Crippen molar-refractivity contribution in [3.8, 4) is 0 Å². The molecule has 3 aromatic heterocycles. The molecule has 0 saturated carbocycles. The van der Waals surface area contributed by atoms with E-state index in [1.54, 1.807) is 11.3 Å². The Morgan fingerprint density at radius 2 is 1.51 bits per heavy atom. The number of piperidine rings is 1. The first kappa shape index (κ1) is 35.7. The monoisotopic (exact) mass is 665 g/mol. The molecule has 3 aromatic rings. The lowest BCUT2D eigenvalue weighted by Gasteiger charge is -2.47. The molecule has 1 saturated heterocycles. The number of aromatic nitrogens is 5. The van der Waals surface area contributed by atoms with Crippen LogP contribution >= 0.6 is 11.3 Å². The highest BCUT2D eigenvalue weighted by atomic mass is 32.1. The molecule has 248 valence electrons. The third kappa shape index (κ3) is 8.90. The van der Waals surface area contributed by atoms with Crippen molar-refractivity contribution < 1.29 is 46.1 Å². The highest BCUT2D eigenvalue weighted by molar-refractivity contribution is 7.09. The van der Waals surface area contributed by atoms with Crippen LogP contribution in [0.15, 0.2) is 24.0 Å². The Hall–Kier alpha value is -3.80. The number of halogens is 6. The molecular weight excluding hydrogens is 632 g/mol. The van der Waals surface area contributed by atoms with Crippen molar-refractivity contribution in [3.63, 3.8) is 0 Å². The fraction of sp³-hybridized carbons (Fsp3) is 0.556. The zero-order valence-corrected chi connectivity index (χ0v) is 25.7. The summed E-state index contributed by atoms with van der Waals surface area (Å²) in [6, 6.07) is 2.29. The van der Waals surface area contributed by atoms with Crippen LogP contribution in [0, 0.1) is 13.8 Å². The number of imidazole rings is 1. The van der Waals surface area contributed by atoms with Gasteiger partial charge in [-0.2, -0.15) is 26.3 Å². The number of carboxylic acids is 2. The van der Waals surface area contributed by atoms with Crippen molar-refractivity contribution in [2.45, 2.75) is 77.4 Å². The summed E-state index contributed by atoms with van der Waals surface area (Å²) >= 11 is 1.77. The normalized spacial score (nSPS) is 16.4. The van der Waals surface area contributed by atoms with E-state index in [1.807, 2.05) is 24.0 Å². The molecule has 5 rings (SSSR count). The topological polar surface area (TPSA) is 138 Å². The molecule has 0 aliphatic carbocycles. The minimum Gasteiger partial charge on any atom is -0.475 e. The van der Waals surface area contributed by atoms with Gasteiger partial charge >= 0.3 is 24.3 Å². The average Bonchev–Trinajstić information content (AvgIpc) is 3.51. The maximum atomic E-state index is 10.6. The van der Waals surface area contributed by atoms with Crippen molar-refractivity contribution in [2.75, 3.05) is 24.5 Å². The summed E-state index contributed by atoms with van der Waals surface area (Å²) < 4.78 is 65.9. The van der Waals surface area contributed by atoms with Crippen molar-refractivity contribution in [2.24, 2.45) is 0 Å². The zero-order valence-electron chi connectivity index (χ0n) is 24.9. The molecule has 2 aliphatic heterocycles. The SMILES string of the molecule is Cc1ncsc1CN1Cc2c(nc(C)n2C(C)C)C2(CCN(c3ncccn3)CC2)C1.O=C(O)C(F)(F)F.O=C(O)C(F)(F)F. The summed E-state index contributed by atoms with van der Waals surface area (Å²) in [5, 5.41) is 14.2. The number of carbonyl (C=O) groups is 2. The molecule has 0 atom stereocenters. The summed E-state index contributed by atoms with van der Waals surface area (Å²) in [7, 11) is 0. The lowest BCUT2D eigenvalue weighted by Crippen LogP contribution is -2.52. The number of fused-ring (bicyclic) bond motifs is 2. The van der Waals surface area contributed by atoms with E-state index in [0.29, 0.717) is 6.04 Å². The van der Waals surface area contributed by atoms with Gasteiger partial charge in [-0.3, -0.25) is 4.90 Å². The smallest absolute Gasteiger partial charge is 0.475 e. The van der Waals surface area contributed by atoms with Crippen molar-refractivity contribution >= 4 is 29.2 Å². The van der Waals surface area contributed by atoms with Crippen molar-refractivity contribution in [3.05, 3.63) is 51.8 Å². The number of aryl methyl sites for hydroxylation is 2. The second kappa shape index (κ2) is 14.1. The Morgan fingerprint density at radius 1 is 0.978 bits per heavy atom. The third-order valence-electron chi connectivity index (χ3n) is 7.36. The lowest BCUT2D eigenvalue weighted by atomic mass is 9.72. The molecule has 11 nitrogen and oxygen atoms in total. The van der Waals surface area contributed by atoms with Gasteiger partial charge in [-0.05, 0) is 46.6 Å². The van der Waals surface area contributed by atoms with Crippen LogP contribution < -0.4 is 4.90 Å². The number of hydrogen-bond donors (Lipinski definition) is 2. The molecule has 0 amide bonds. The standard InChI is InChI=1S/C23H31N7S.2C2HF3O2/c1-16(2)30-18(4)27-21-19(30)12-28(13-20-17(3)26-15-31-20)14-23(21)6-10-29(11-7-23)22-24-8-5-9-25-22;2*3-2(4,5)1(6)7/h5,8-9,15-16H,6-7,10-14H2,1-4H3;2*(H,6,7). The van der Waals surface area contributed by atoms with Crippen LogP contribution in [0.4, 0.5) is 32.3 Å². The Balaban J connectivity index is 0.000000331. The van der Waals surface area contributed by atoms with Gasteiger partial charge in [0.25, 0.3) is 0 Å². The quantitative estimate of drug-likeness (QED) is 0.360. The number of rotatable bonds is 4. The van der Waals surface area contributed by atoms with Crippen LogP contribution in [0.5, 0.6) is 0 Å². The van der Waals surface area contributed by atoms with Gasteiger partial charge in [0.05, 0.1) is 22.6 Å². The number of hydrogen-bond acceptors (Lipinski definition) is 9. The number of aliphatic carboxylic acids is 2. The minimum absolute atomic E-state index is 0.0857. The molecule has 0 bridgehead atoms. The molecule has 0 aromatic carbocycles. The van der Waals surface area contributed by atoms with E-state index < -0.39 is 24.3 Å². The summed E-state index contributed by atoms with van der Waals surface area (Å²) in [6.45, 7) is 13.7. The van der Waals surface area contributed by atoms with Gasteiger partial charge in [0.2, 0.25) is 5.95 Å². The van der Waals surface area contributed by atoms with E-state index in [-0.39, 0.29) is 5.41 Å². The maximum absolute atomic E-state index is 10.6. The summed E-state index contributed by atoms with van der Waals surface area (Å²) in [4.78, 5) is 42.7. The molecule has 1 spiro atoms. The molecule has 1 fully saturated rings. The van der Waals surface area contributed by atoms with Crippen LogP contribution in [-0.4, -0.2) is 83.5 Å². The number of thiazole rings is 1. The van der Waals surface area contributed by atoms with E-state index in [2.05, 4.69) is 57.0 Å². The van der Waals surface area contributed by atoms with E-state index in [0.717, 1.165) is 63.0 Å². The Kier molecular flexibility index (Phi) is 11.2. The van der Waals surface area contributed by atoms with Gasteiger partial charge in [0.15, 0.2) is 0 Å². The summed E-state index contributed by atoms with van der Waals surface area (Å²) in [5.74, 6) is -3.53. The van der Waals surface area contributed by atoms with Crippen molar-refractivity contribution in [1.82, 2.24) is 29.4 Å². The van der Waals surface area contributed by atoms with Gasteiger partial charge in [-0.1, -0.05) is 0 Å². The second-order valence-electron chi connectivity index (χ2n) is 10.8. The summed E-state index contributed by atoms with van der Waals surface area (Å²) in [5.41, 5.74) is 5.96. The van der Waals surface area contributed by atoms with E-state index in [1.165, 1.54) is 16.3 Å². The van der Waals surface area contributed by atoms with Gasteiger partial charge in [0.1, 0.15) is 5.82 Å². The Morgan fingerprint density at radius 3 is 1.96 bits per heavy atom. The molecule has 0 radical (unpaired) electrons. The Bertz CT molecular complexity index is 1430. The van der Waals surface area contributed by atoms with Crippen LogP contribution in [0.3, 0.4) is 0 Å². The number of alkyl halides is 6. The van der Waals surface area contributed by atoms with Gasteiger partial charge in [0, 0.05) is 61.5 Å². The second-order valence-corrected chi connectivity index (χ2v) is 11.8. The van der Waals surface area contributed by atoms with E-state index in [4.69, 9.17) is 24.8 Å². The first-order valence-corrected chi connectivity index (χ1v) is 14.6. The fourth-order valence-electron chi connectivity index (χ4n) is 5.40. The van der Waals surface area contributed by atoms with Crippen molar-refractivity contribution in [1.29, 1.82) is 0 Å². The number of carboxylic acid groups (broad SMARTS) is 2. The van der Waals surface area contributed by atoms with Crippen LogP contribution in [-0.2, 0) is 28.1 Å². The van der Waals surface area contributed by atoms with E-state index in [9.17, 15) is 26.3 Å². The van der Waals surface area contributed by atoms with Gasteiger partial charge in [-0.25, -0.2) is 29.5 Å². The Labute approximate surface area is 258 Å². The predicted octanol–water partition coefficient (Wildman–Crippen LogP) is 5.15. The molecular formula is C27H33F6N7O4S. The van der Waals surface area contributed by atoms with Gasteiger partial charge < -0.3 is 19.7 Å². The van der Waals surface area contributed by atoms with E-state index >= 15 is 0 Å².